The van der Waals surface area contributed by atoms with Crippen LogP contribution in [0.25, 0.3) is 27.7 Å². The van der Waals surface area contributed by atoms with Gasteiger partial charge in [0.05, 0.1) is 45.4 Å². The molecule has 1 saturated heterocycles. The first-order valence-electron chi connectivity index (χ1n) is 17.7. The highest BCUT2D eigenvalue weighted by Gasteiger charge is 2.45. The Balaban J connectivity index is 1.79. The van der Waals surface area contributed by atoms with Crippen molar-refractivity contribution in [2.75, 3.05) is 36.4 Å². The van der Waals surface area contributed by atoms with E-state index in [1.165, 1.54) is 28.3 Å². The normalized spacial score (nSPS) is 17.5. The van der Waals surface area contributed by atoms with Gasteiger partial charge >= 0.3 is 6.09 Å². The number of aromatic nitrogens is 3. The van der Waals surface area contributed by atoms with Crippen LogP contribution in [0.4, 0.5) is 25.0 Å². The topological polar surface area (TPSA) is 121 Å². The molecule has 4 aromatic rings. The van der Waals surface area contributed by atoms with Crippen LogP contribution in [0.5, 0.6) is 5.75 Å². The predicted octanol–water partition coefficient (Wildman–Crippen LogP) is 6.73. The molecule has 2 aliphatic rings. The number of piperazine rings is 1. The molecule has 2 aliphatic heterocycles. The van der Waals surface area contributed by atoms with Crippen molar-refractivity contribution in [1.29, 1.82) is 0 Å². The fraction of sp³-hybridized carbons (Fsp3) is 0.417. The number of fused-ring (bicyclic) bond motifs is 5. The minimum absolute atomic E-state index is 0.00457. The Morgan fingerprint density at radius 2 is 1.70 bits per heavy atom. The lowest BCUT2D eigenvalue weighted by Gasteiger charge is -2.47. The fourth-order valence-electron chi connectivity index (χ4n) is 6.63. The van der Waals surface area contributed by atoms with Crippen LogP contribution in [-0.2, 0) is 9.53 Å². The molecule has 4 heterocycles. The molecule has 0 aliphatic carbocycles. The van der Waals surface area contributed by atoms with E-state index in [2.05, 4.69) is 9.97 Å². The van der Waals surface area contributed by atoms with Crippen molar-refractivity contribution in [3.63, 3.8) is 0 Å². The van der Waals surface area contributed by atoms with E-state index in [0.717, 1.165) is 16.7 Å². The Kier molecular flexibility index (Phi) is 7.82. The SMILES string of the molecule is [2H]C([2H])([2H])N1C(=O)[C@H]2CN(C(=O)OC(C)(C)C)CCN2c2c1c(=O)n(-c1c(C(C)C)ncnc1C(C)C)c1c(F)c(-c3c(O)cccc3F)c(Cl)cc21. The number of rotatable bonds is 4. The van der Waals surface area contributed by atoms with E-state index in [1.807, 2.05) is 0 Å². The Morgan fingerprint density at radius 3 is 2.28 bits per heavy atom. The zero-order valence-corrected chi connectivity index (χ0v) is 29.4. The summed E-state index contributed by atoms with van der Waals surface area (Å²) >= 11 is 6.78. The third-order valence-corrected chi connectivity index (χ3v) is 9.09. The Hall–Kier alpha value is -4.78. The first-order chi connectivity index (χ1) is 24.7. The second kappa shape index (κ2) is 12.5. The molecule has 0 saturated carbocycles. The summed E-state index contributed by atoms with van der Waals surface area (Å²) in [5.74, 6) is -4.57. The number of amides is 2. The molecule has 0 radical (unpaired) electrons. The van der Waals surface area contributed by atoms with Gasteiger partial charge in [-0.3, -0.25) is 14.2 Å². The molecule has 0 unspecified atom stereocenters. The summed E-state index contributed by atoms with van der Waals surface area (Å²) in [7, 11) is 0. The molecule has 1 N–H and O–H groups in total. The number of halogens is 3. The van der Waals surface area contributed by atoms with E-state index in [9.17, 15) is 14.7 Å². The summed E-state index contributed by atoms with van der Waals surface area (Å²) in [5, 5.41) is 10.3. The minimum Gasteiger partial charge on any atom is -0.507 e. The number of hydrogen-bond acceptors (Lipinski definition) is 8. The number of anilines is 2. The van der Waals surface area contributed by atoms with Gasteiger partial charge in [-0.25, -0.2) is 23.5 Å². The number of pyridine rings is 1. The first-order valence-corrected chi connectivity index (χ1v) is 16.6. The highest BCUT2D eigenvalue weighted by molar-refractivity contribution is 6.35. The number of phenolic OH excluding ortho intramolecular Hbond substituents is 1. The third kappa shape index (κ3) is 5.61. The summed E-state index contributed by atoms with van der Waals surface area (Å²) in [4.78, 5) is 54.8. The maximum Gasteiger partial charge on any atom is 0.410 e. The van der Waals surface area contributed by atoms with Gasteiger partial charge < -0.3 is 24.5 Å². The van der Waals surface area contributed by atoms with Crippen molar-refractivity contribution in [2.24, 2.45) is 0 Å². The first kappa shape index (κ1) is 31.2. The number of ether oxygens (including phenoxy) is 1. The lowest BCUT2D eigenvalue weighted by atomic mass is 9.95. The van der Waals surface area contributed by atoms with Crippen molar-refractivity contribution in [2.45, 2.75) is 71.9 Å². The van der Waals surface area contributed by atoms with Gasteiger partial charge in [0.1, 0.15) is 35.2 Å². The number of likely N-dealkylation sites (N-methyl/N-ethyl adjacent to an activating group) is 1. The summed E-state index contributed by atoms with van der Waals surface area (Å²) in [6, 6.07) is 3.33. The highest BCUT2D eigenvalue weighted by atomic mass is 35.5. The van der Waals surface area contributed by atoms with Crippen LogP contribution in [0.15, 0.2) is 35.4 Å². The Labute approximate surface area is 297 Å². The quantitative estimate of drug-likeness (QED) is 0.247. The fourth-order valence-corrected chi connectivity index (χ4v) is 6.92. The second-order valence-electron chi connectivity index (χ2n) is 14.0. The van der Waals surface area contributed by atoms with Crippen LogP contribution in [-0.4, -0.2) is 74.8 Å². The summed E-state index contributed by atoms with van der Waals surface area (Å²) in [6.45, 7) is 8.58. The molecule has 50 heavy (non-hydrogen) atoms. The van der Waals surface area contributed by atoms with E-state index in [1.54, 1.807) is 48.5 Å². The van der Waals surface area contributed by atoms with Gasteiger partial charge in [-0.05, 0) is 50.8 Å². The predicted molar refractivity (Wildman–Crippen MR) is 188 cm³/mol. The standard InChI is InChI=1S/C36H39ClF2N6O5/c1-17(2)27-31(28(18(3)4)41-16-40-27)45-29-19(14-20(37)24(26(29)39)25-21(38)10-9-11-23(25)46)30-32(34(45)48)42(8)33(47)22-15-43(12-13-44(22)30)35(49)50-36(5,6)7/h9-11,14,16-18,22,46H,12-13,15H2,1-8H3/t22-/m1/s1/i8D3. The molecule has 2 aromatic carbocycles. The molecule has 11 nitrogen and oxygen atoms in total. The lowest BCUT2D eigenvalue weighted by Crippen LogP contribution is -2.64. The summed E-state index contributed by atoms with van der Waals surface area (Å²) in [5.41, 5.74) is -3.54. The molecule has 264 valence electrons. The maximum atomic E-state index is 17.7. The van der Waals surface area contributed by atoms with Crippen molar-refractivity contribution in [3.8, 4) is 22.6 Å². The van der Waals surface area contributed by atoms with Gasteiger partial charge in [0.25, 0.3) is 11.5 Å². The zero-order chi connectivity index (χ0) is 39.1. The largest absolute Gasteiger partial charge is 0.507 e. The lowest BCUT2D eigenvalue weighted by molar-refractivity contribution is -0.120. The third-order valence-electron chi connectivity index (χ3n) is 8.79. The summed E-state index contributed by atoms with van der Waals surface area (Å²) in [6.07, 6.45) is 0.578. The smallest absolute Gasteiger partial charge is 0.410 e. The Morgan fingerprint density at radius 1 is 1.04 bits per heavy atom. The highest BCUT2D eigenvalue weighted by Crippen LogP contribution is 2.47. The molecule has 1 atom stereocenters. The van der Waals surface area contributed by atoms with E-state index in [4.69, 9.17) is 20.5 Å². The Bertz CT molecular complexity index is 2190. The van der Waals surface area contributed by atoms with Crippen molar-refractivity contribution in [1.82, 2.24) is 19.4 Å². The molecule has 6 rings (SSSR count). The molecule has 14 heteroatoms. The molecule has 0 spiro atoms. The monoisotopic (exact) mass is 711 g/mol. The van der Waals surface area contributed by atoms with Gasteiger partial charge in [-0.1, -0.05) is 45.4 Å². The average molecular weight is 712 g/mol. The molecule has 0 bridgehead atoms. The maximum absolute atomic E-state index is 17.7. The second-order valence-corrected chi connectivity index (χ2v) is 14.4. The van der Waals surface area contributed by atoms with Gasteiger partial charge in [0.2, 0.25) is 0 Å². The molecule has 2 amide bonds. The van der Waals surface area contributed by atoms with Crippen molar-refractivity contribution < 1.29 is 32.3 Å². The van der Waals surface area contributed by atoms with Crippen LogP contribution in [0.1, 0.15) is 75.8 Å². The summed E-state index contributed by atoms with van der Waals surface area (Å²) < 4.78 is 65.0. The van der Waals surface area contributed by atoms with Crippen LogP contribution in [0.3, 0.4) is 0 Å². The van der Waals surface area contributed by atoms with E-state index >= 15 is 13.6 Å². The zero-order valence-electron chi connectivity index (χ0n) is 31.6. The van der Waals surface area contributed by atoms with E-state index < -0.39 is 75.9 Å². The number of nitrogens with zero attached hydrogens (tertiary/aromatic N) is 6. The average Bonchev–Trinajstić information content (AvgIpc) is 3.04. The van der Waals surface area contributed by atoms with Crippen LogP contribution in [0.2, 0.25) is 5.02 Å². The van der Waals surface area contributed by atoms with E-state index in [0.29, 0.717) is 16.3 Å². The number of aromatic hydroxyl groups is 1. The number of phenols is 1. The van der Waals surface area contributed by atoms with Gasteiger partial charge in [-0.15, -0.1) is 0 Å². The van der Waals surface area contributed by atoms with Crippen LogP contribution in [0, 0.1) is 11.6 Å². The number of carbonyl (C=O) groups is 2. The molecule has 2 aromatic heterocycles. The number of hydrogen-bond donors (Lipinski definition) is 1. The van der Waals surface area contributed by atoms with Gasteiger partial charge in [-0.2, -0.15) is 0 Å². The van der Waals surface area contributed by atoms with Crippen LogP contribution < -0.4 is 15.4 Å². The van der Waals surface area contributed by atoms with Crippen molar-refractivity contribution >= 4 is 45.9 Å². The number of carbonyl (C=O) groups excluding carboxylic acids is 2. The number of benzene rings is 2. The molecule has 1 fully saturated rings. The van der Waals surface area contributed by atoms with Gasteiger partial charge in [0, 0.05) is 35.1 Å². The molecular weight excluding hydrogens is 670 g/mol. The van der Waals surface area contributed by atoms with Crippen LogP contribution >= 0.6 is 11.6 Å². The minimum atomic E-state index is -3.23. The van der Waals surface area contributed by atoms with E-state index in [-0.39, 0.29) is 53.3 Å². The molecular formula is C36H39ClF2N6O5. The van der Waals surface area contributed by atoms with Crippen molar-refractivity contribution in [3.05, 3.63) is 69.0 Å². The van der Waals surface area contributed by atoms with Gasteiger partial charge in [0.15, 0.2) is 5.82 Å².